The maximum Gasteiger partial charge on any atom is 0.157 e. The number of halogens is 2. The van der Waals surface area contributed by atoms with Crippen LogP contribution < -0.4 is 0 Å². The van der Waals surface area contributed by atoms with Gasteiger partial charge in [0.1, 0.15) is 5.82 Å². The van der Waals surface area contributed by atoms with E-state index in [1.807, 2.05) is 6.07 Å². The summed E-state index contributed by atoms with van der Waals surface area (Å²) in [4.78, 5) is 0.620. The Morgan fingerprint density at radius 2 is 1.84 bits per heavy atom. The second-order valence-electron chi connectivity index (χ2n) is 4.03. The molecule has 0 amide bonds. The van der Waals surface area contributed by atoms with Gasteiger partial charge in [0, 0.05) is 16.6 Å². The highest BCUT2D eigenvalue weighted by molar-refractivity contribution is 7.83. The monoisotopic (exact) mass is 293 g/mol. The molecular weight excluding hydrogens is 285 g/mol. The van der Waals surface area contributed by atoms with Crippen molar-refractivity contribution in [1.82, 2.24) is 3.97 Å². The fourth-order valence-corrected chi connectivity index (χ4v) is 3.32. The van der Waals surface area contributed by atoms with Gasteiger partial charge in [0.2, 0.25) is 0 Å². The van der Waals surface area contributed by atoms with Crippen LogP contribution in [0.2, 0.25) is 5.02 Å². The third-order valence-corrected chi connectivity index (χ3v) is 4.35. The van der Waals surface area contributed by atoms with Crippen molar-refractivity contribution in [3.8, 4) is 0 Å². The van der Waals surface area contributed by atoms with Gasteiger partial charge in [-0.3, -0.25) is 3.97 Å². The molecule has 1 heterocycles. The Balaban J connectivity index is 2.19. The SMILES string of the molecule is O=S(c1ccccc1)n1ccc2cc(Cl)cc(F)c21. The fraction of sp³-hybridized carbons (Fsp3) is 0. The average Bonchev–Trinajstić information content (AvgIpc) is 2.83. The molecule has 3 aromatic rings. The molecule has 3 rings (SSSR count). The van der Waals surface area contributed by atoms with E-state index in [9.17, 15) is 8.60 Å². The largest absolute Gasteiger partial charge is 0.260 e. The molecule has 0 fully saturated rings. The van der Waals surface area contributed by atoms with E-state index in [-0.39, 0.29) is 0 Å². The molecular formula is C14H9ClFNOS. The number of aromatic nitrogens is 1. The molecule has 0 N–H and O–H groups in total. The van der Waals surface area contributed by atoms with Gasteiger partial charge in [-0.05, 0) is 30.3 Å². The maximum absolute atomic E-state index is 14.0. The van der Waals surface area contributed by atoms with Crippen molar-refractivity contribution in [1.29, 1.82) is 0 Å². The number of hydrogen-bond donors (Lipinski definition) is 0. The molecule has 1 aromatic heterocycles. The maximum atomic E-state index is 14.0. The highest BCUT2D eigenvalue weighted by Gasteiger charge is 2.13. The molecule has 1 atom stereocenters. The summed E-state index contributed by atoms with van der Waals surface area (Å²) in [5.74, 6) is -0.475. The molecule has 1 unspecified atom stereocenters. The molecule has 0 aliphatic carbocycles. The van der Waals surface area contributed by atoms with E-state index in [0.29, 0.717) is 20.8 Å². The first-order valence-corrected chi connectivity index (χ1v) is 7.09. The summed E-state index contributed by atoms with van der Waals surface area (Å²) in [5, 5.41) is 0.961. The second-order valence-corrected chi connectivity index (χ2v) is 5.83. The Morgan fingerprint density at radius 1 is 1.11 bits per heavy atom. The van der Waals surface area contributed by atoms with E-state index in [1.165, 1.54) is 10.0 Å². The third kappa shape index (κ3) is 2.17. The Morgan fingerprint density at radius 3 is 2.58 bits per heavy atom. The zero-order valence-corrected chi connectivity index (χ0v) is 11.3. The molecule has 0 aliphatic heterocycles. The number of rotatable bonds is 2. The lowest BCUT2D eigenvalue weighted by Gasteiger charge is -2.06. The molecule has 0 bridgehead atoms. The van der Waals surface area contributed by atoms with E-state index in [4.69, 9.17) is 11.6 Å². The van der Waals surface area contributed by atoms with Gasteiger partial charge in [-0.1, -0.05) is 29.8 Å². The molecule has 0 saturated carbocycles. The summed E-state index contributed by atoms with van der Waals surface area (Å²) < 4.78 is 27.8. The topological polar surface area (TPSA) is 22.0 Å². The van der Waals surface area contributed by atoms with Crippen molar-refractivity contribution in [2.75, 3.05) is 0 Å². The summed E-state index contributed by atoms with van der Waals surface area (Å²) in [6, 6.07) is 13.5. The van der Waals surface area contributed by atoms with Gasteiger partial charge in [-0.2, -0.15) is 0 Å². The van der Waals surface area contributed by atoms with Crippen molar-refractivity contribution in [2.45, 2.75) is 4.90 Å². The Hall–Kier alpha value is -1.65. The number of benzene rings is 2. The minimum absolute atomic E-state index is 0.298. The normalized spacial score (nSPS) is 12.7. The first kappa shape index (κ1) is 12.4. The highest BCUT2D eigenvalue weighted by atomic mass is 35.5. The highest BCUT2D eigenvalue weighted by Crippen LogP contribution is 2.26. The van der Waals surface area contributed by atoms with Crippen LogP contribution in [0, 0.1) is 5.82 Å². The van der Waals surface area contributed by atoms with Gasteiger partial charge in [0.05, 0.1) is 10.4 Å². The van der Waals surface area contributed by atoms with Crippen LogP contribution in [-0.2, 0) is 11.0 Å². The average molecular weight is 294 g/mol. The van der Waals surface area contributed by atoms with E-state index in [1.54, 1.807) is 42.6 Å². The standard InChI is InChI=1S/C14H9ClFNOS/c15-11-8-10-6-7-17(14(10)13(16)9-11)19(18)12-4-2-1-3-5-12/h1-9H. The fourth-order valence-electron chi connectivity index (χ4n) is 1.96. The summed E-state index contributed by atoms with van der Waals surface area (Å²) in [6.45, 7) is 0. The van der Waals surface area contributed by atoms with E-state index in [0.717, 1.165) is 0 Å². The van der Waals surface area contributed by atoms with E-state index < -0.39 is 16.8 Å². The minimum Gasteiger partial charge on any atom is -0.260 e. The van der Waals surface area contributed by atoms with Gasteiger partial charge < -0.3 is 0 Å². The minimum atomic E-state index is -1.47. The van der Waals surface area contributed by atoms with Gasteiger partial charge in [-0.25, -0.2) is 8.60 Å². The summed E-state index contributed by atoms with van der Waals surface area (Å²) in [5.41, 5.74) is 0.298. The van der Waals surface area contributed by atoms with Crippen LogP contribution in [-0.4, -0.2) is 8.18 Å². The van der Waals surface area contributed by atoms with Crippen molar-refractivity contribution < 1.29 is 8.60 Å². The Bertz CT molecular complexity index is 770. The molecule has 19 heavy (non-hydrogen) atoms. The molecule has 5 heteroatoms. The molecule has 0 saturated heterocycles. The van der Waals surface area contributed by atoms with Gasteiger partial charge in [0.15, 0.2) is 11.0 Å². The zero-order chi connectivity index (χ0) is 13.4. The van der Waals surface area contributed by atoms with Crippen molar-refractivity contribution in [3.63, 3.8) is 0 Å². The predicted octanol–water partition coefficient (Wildman–Crippen LogP) is 4.00. The molecule has 0 radical (unpaired) electrons. The third-order valence-electron chi connectivity index (χ3n) is 2.79. The lowest BCUT2D eigenvalue weighted by molar-refractivity contribution is 0.634. The first-order valence-electron chi connectivity index (χ1n) is 5.60. The number of nitrogens with zero attached hydrogens (tertiary/aromatic N) is 1. The number of fused-ring (bicyclic) bond motifs is 1. The van der Waals surface area contributed by atoms with Crippen LogP contribution in [0.15, 0.2) is 59.6 Å². The van der Waals surface area contributed by atoms with Crippen LogP contribution in [0.1, 0.15) is 0 Å². The van der Waals surface area contributed by atoms with Crippen LogP contribution in [0.4, 0.5) is 4.39 Å². The molecule has 0 aliphatic rings. The summed E-state index contributed by atoms with van der Waals surface area (Å²) in [6.07, 6.45) is 1.60. The Labute approximate surface area is 117 Å². The Kier molecular flexibility index (Phi) is 3.12. The van der Waals surface area contributed by atoms with Gasteiger partial charge in [-0.15, -0.1) is 0 Å². The second kappa shape index (κ2) is 4.79. The smallest absolute Gasteiger partial charge is 0.157 e. The van der Waals surface area contributed by atoms with E-state index >= 15 is 0 Å². The van der Waals surface area contributed by atoms with Gasteiger partial charge >= 0.3 is 0 Å². The van der Waals surface area contributed by atoms with Gasteiger partial charge in [0.25, 0.3) is 0 Å². The van der Waals surface area contributed by atoms with Crippen molar-refractivity contribution >= 4 is 33.5 Å². The zero-order valence-electron chi connectivity index (χ0n) is 9.72. The predicted molar refractivity (Wildman–Crippen MR) is 75.2 cm³/mol. The van der Waals surface area contributed by atoms with Crippen LogP contribution in [0.3, 0.4) is 0 Å². The van der Waals surface area contributed by atoms with Crippen LogP contribution >= 0.6 is 11.6 Å². The van der Waals surface area contributed by atoms with Crippen molar-refractivity contribution in [2.24, 2.45) is 0 Å². The lowest BCUT2D eigenvalue weighted by Crippen LogP contribution is -2.04. The van der Waals surface area contributed by atoms with E-state index in [2.05, 4.69) is 0 Å². The summed E-state index contributed by atoms with van der Waals surface area (Å²) in [7, 11) is -1.47. The summed E-state index contributed by atoms with van der Waals surface area (Å²) >= 11 is 5.80. The molecule has 2 aromatic carbocycles. The quantitative estimate of drug-likeness (QED) is 0.700. The van der Waals surface area contributed by atoms with Crippen LogP contribution in [0.25, 0.3) is 10.9 Å². The molecule has 96 valence electrons. The number of hydrogen-bond acceptors (Lipinski definition) is 1. The lowest BCUT2D eigenvalue weighted by atomic mass is 10.2. The first-order chi connectivity index (χ1) is 9.16. The molecule has 2 nitrogen and oxygen atoms in total. The van der Waals surface area contributed by atoms with Crippen LogP contribution in [0.5, 0.6) is 0 Å². The van der Waals surface area contributed by atoms with Crippen molar-refractivity contribution in [3.05, 3.63) is 65.6 Å². The molecule has 0 spiro atoms.